The van der Waals surface area contributed by atoms with E-state index < -0.39 is 0 Å². The van der Waals surface area contributed by atoms with Gasteiger partial charge in [-0.2, -0.15) is 0 Å². The summed E-state index contributed by atoms with van der Waals surface area (Å²) in [6.45, 7) is 2.17. The molecule has 78 valence electrons. The van der Waals surface area contributed by atoms with Crippen LogP contribution >= 0.6 is 0 Å². The van der Waals surface area contributed by atoms with Crippen LogP contribution in [0.3, 0.4) is 0 Å². The summed E-state index contributed by atoms with van der Waals surface area (Å²) in [5.74, 6) is -0.304. The van der Waals surface area contributed by atoms with Crippen molar-refractivity contribution in [2.75, 3.05) is 12.3 Å². The number of rotatable bonds is 2. The fourth-order valence-electron chi connectivity index (χ4n) is 1.48. The van der Waals surface area contributed by atoms with Crippen molar-refractivity contribution in [1.29, 1.82) is 0 Å². The van der Waals surface area contributed by atoms with Gasteiger partial charge in [0.05, 0.1) is 0 Å². The van der Waals surface area contributed by atoms with Crippen molar-refractivity contribution in [2.45, 2.75) is 6.92 Å². The summed E-state index contributed by atoms with van der Waals surface area (Å²) >= 11 is 0.0681. The first-order valence-electron chi connectivity index (χ1n) is 4.68. The van der Waals surface area contributed by atoms with E-state index in [1.165, 1.54) is 0 Å². The van der Waals surface area contributed by atoms with Gasteiger partial charge in [0.1, 0.15) is 0 Å². The number of nitrogen functional groups attached to an aromatic ring is 1. The molecule has 1 aromatic heterocycles. The molecular weight excluding hydrogens is 257 g/mol. The number of nitrogens with two attached hydrogens (primary N) is 1. The van der Waals surface area contributed by atoms with Crippen LogP contribution in [0.2, 0.25) is 0 Å². The summed E-state index contributed by atoms with van der Waals surface area (Å²) in [5.41, 5.74) is 6.43. The molecule has 2 aromatic rings. The molecule has 3 nitrogen and oxygen atoms in total. The van der Waals surface area contributed by atoms with Crippen molar-refractivity contribution in [1.82, 2.24) is 0 Å². The molecule has 1 heterocycles. The van der Waals surface area contributed by atoms with E-state index in [0.717, 1.165) is 9.65 Å². The Morgan fingerprint density at radius 3 is 2.93 bits per heavy atom. The predicted molar refractivity (Wildman–Crippen MR) is 61.3 cm³/mol. The SMILES string of the molecule is CCOC(=O)c1c(N)[se]c2ccccc12. The number of benzene rings is 1. The Morgan fingerprint density at radius 2 is 2.20 bits per heavy atom. The van der Waals surface area contributed by atoms with Gasteiger partial charge in [-0.05, 0) is 0 Å². The van der Waals surface area contributed by atoms with Crippen molar-refractivity contribution >= 4 is 34.7 Å². The Hall–Kier alpha value is -1.25. The molecule has 2 N–H and O–H groups in total. The van der Waals surface area contributed by atoms with Gasteiger partial charge in [-0.3, -0.25) is 0 Å². The zero-order chi connectivity index (χ0) is 10.8. The maximum absolute atomic E-state index is 11.7. The van der Waals surface area contributed by atoms with E-state index in [4.69, 9.17) is 10.5 Å². The van der Waals surface area contributed by atoms with Crippen molar-refractivity contribution in [2.24, 2.45) is 0 Å². The zero-order valence-corrected chi connectivity index (χ0v) is 10.0. The predicted octanol–water partition coefficient (Wildman–Crippen LogP) is 1.66. The monoisotopic (exact) mass is 269 g/mol. The van der Waals surface area contributed by atoms with Gasteiger partial charge in [-0.1, -0.05) is 0 Å². The molecule has 0 radical (unpaired) electrons. The van der Waals surface area contributed by atoms with E-state index >= 15 is 0 Å². The zero-order valence-electron chi connectivity index (χ0n) is 8.32. The average molecular weight is 268 g/mol. The Balaban J connectivity index is 2.58. The number of anilines is 1. The third-order valence-corrected chi connectivity index (χ3v) is 4.20. The van der Waals surface area contributed by atoms with Crippen LogP contribution < -0.4 is 5.73 Å². The first-order valence-corrected chi connectivity index (χ1v) is 6.39. The van der Waals surface area contributed by atoms with Gasteiger partial charge < -0.3 is 0 Å². The minimum absolute atomic E-state index is 0.0681. The van der Waals surface area contributed by atoms with Crippen LogP contribution in [0.25, 0.3) is 9.65 Å². The molecule has 0 fully saturated rings. The normalized spacial score (nSPS) is 10.5. The Morgan fingerprint density at radius 1 is 1.47 bits per heavy atom. The van der Waals surface area contributed by atoms with Crippen LogP contribution in [0.4, 0.5) is 4.56 Å². The first kappa shape index (κ1) is 10.3. The summed E-state index contributed by atoms with van der Waals surface area (Å²) < 4.78 is 6.81. The van der Waals surface area contributed by atoms with Crippen molar-refractivity contribution < 1.29 is 9.53 Å². The van der Waals surface area contributed by atoms with Gasteiger partial charge >= 0.3 is 93.3 Å². The fraction of sp³-hybridized carbons (Fsp3) is 0.182. The van der Waals surface area contributed by atoms with E-state index in [9.17, 15) is 4.79 Å². The second-order valence-corrected chi connectivity index (χ2v) is 5.33. The molecule has 0 atom stereocenters. The summed E-state index contributed by atoms with van der Waals surface area (Å²) in [4.78, 5) is 11.7. The van der Waals surface area contributed by atoms with Gasteiger partial charge in [0.15, 0.2) is 0 Å². The molecule has 0 saturated carbocycles. The summed E-state index contributed by atoms with van der Waals surface area (Å²) in [6.07, 6.45) is 0. The van der Waals surface area contributed by atoms with Crippen LogP contribution in [0.15, 0.2) is 24.3 Å². The minimum atomic E-state index is -0.304. The van der Waals surface area contributed by atoms with Crippen LogP contribution in [0.5, 0.6) is 0 Å². The molecule has 0 amide bonds. The first-order chi connectivity index (χ1) is 7.24. The second kappa shape index (κ2) is 4.09. The fourth-order valence-corrected chi connectivity index (χ4v) is 3.49. The number of fused-ring (bicyclic) bond motifs is 1. The molecule has 4 heteroatoms. The molecule has 0 aliphatic heterocycles. The average Bonchev–Trinajstić information content (AvgIpc) is 2.54. The maximum atomic E-state index is 11.7. The van der Waals surface area contributed by atoms with Crippen LogP contribution in [-0.4, -0.2) is 27.1 Å². The molecule has 15 heavy (non-hydrogen) atoms. The molecule has 0 aliphatic rings. The van der Waals surface area contributed by atoms with Crippen LogP contribution in [0.1, 0.15) is 17.3 Å². The number of hydrogen-bond acceptors (Lipinski definition) is 3. The number of ether oxygens (including phenoxy) is 1. The summed E-state index contributed by atoms with van der Waals surface area (Å²) in [6, 6.07) is 7.80. The van der Waals surface area contributed by atoms with Crippen LogP contribution in [0, 0.1) is 0 Å². The van der Waals surface area contributed by atoms with Gasteiger partial charge in [0.2, 0.25) is 0 Å². The number of carbonyl (C=O) groups is 1. The quantitative estimate of drug-likeness (QED) is 0.665. The standard InChI is InChI=1S/C11H11NO2Se/c1-2-14-11(13)9-7-5-3-4-6-8(7)15-10(9)12/h3-6H,2,12H2,1H3. The molecule has 0 unspecified atom stereocenters. The summed E-state index contributed by atoms with van der Waals surface area (Å²) in [5, 5.41) is 0.938. The van der Waals surface area contributed by atoms with E-state index in [-0.39, 0.29) is 20.5 Å². The van der Waals surface area contributed by atoms with E-state index in [0.29, 0.717) is 16.7 Å². The topological polar surface area (TPSA) is 52.3 Å². The molecular formula is C11H11NO2Se. The van der Waals surface area contributed by atoms with E-state index in [1.54, 1.807) is 6.92 Å². The molecule has 2 rings (SSSR count). The van der Waals surface area contributed by atoms with Gasteiger partial charge in [0, 0.05) is 0 Å². The summed E-state index contributed by atoms with van der Waals surface area (Å²) in [7, 11) is 0. The molecule has 0 bridgehead atoms. The van der Waals surface area contributed by atoms with Crippen LogP contribution in [-0.2, 0) is 4.74 Å². The second-order valence-electron chi connectivity index (χ2n) is 3.06. The Bertz CT molecular complexity index is 504. The van der Waals surface area contributed by atoms with Crippen molar-refractivity contribution in [3.05, 3.63) is 29.8 Å². The van der Waals surface area contributed by atoms with Crippen molar-refractivity contribution in [3.63, 3.8) is 0 Å². The van der Waals surface area contributed by atoms with Gasteiger partial charge in [-0.25, -0.2) is 0 Å². The third-order valence-electron chi connectivity index (χ3n) is 2.10. The number of esters is 1. The third kappa shape index (κ3) is 1.78. The molecule has 0 aliphatic carbocycles. The molecule has 0 saturated heterocycles. The van der Waals surface area contributed by atoms with Gasteiger partial charge in [0.25, 0.3) is 0 Å². The molecule has 0 spiro atoms. The van der Waals surface area contributed by atoms with E-state index in [2.05, 4.69) is 0 Å². The number of carbonyl (C=O) groups excluding carboxylic acids is 1. The van der Waals surface area contributed by atoms with Crippen molar-refractivity contribution in [3.8, 4) is 0 Å². The Labute approximate surface area is 93.6 Å². The molecule has 1 aromatic carbocycles. The Kier molecular flexibility index (Phi) is 2.80. The number of hydrogen-bond donors (Lipinski definition) is 1. The van der Waals surface area contributed by atoms with Gasteiger partial charge in [-0.15, -0.1) is 0 Å². The van der Waals surface area contributed by atoms with E-state index in [1.807, 2.05) is 24.3 Å².